The van der Waals surface area contributed by atoms with Crippen LogP contribution in [0, 0.1) is 6.42 Å². The van der Waals surface area contributed by atoms with Gasteiger partial charge in [0, 0.05) is 17.5 Å². The van der Waals surface area contributed by atoms with Gasteiger partial charge in [0.2, 0.25) is 5.91 Å². The van der Waals surface area contributed by atoms with Crippen molar-refractivity contribution in [2.24, 2.45) is 5.73 Å². The van der Waals surface area contributed by atoms with E-state index in [2.05, 4.69) is 15.2 Å². The van der Waals surface area contributed by atoms with Gasteiger partial charge in [-0.2, -0.15) is 5.10 Å². The number of rotatable bonds is 6. The third-order valence-electron chi connectivity index (χ3n) is 3.66. The maximum atomic E-state index is 11.4. The lowest BCUT2D eigenvalue weighted by Crippen LogP contribution is -2.13. The number of aryl methyl sites for hydroxylation is 1. The predicted molar refractivity (Wildman–Crippen MR) is 90.2 cm³/mol. The van der Waals surface area contributed by atoms with Gasteiger partial charge < -0.3 is 10.8 Å². The van der Waals surface area contributed by atoms with Gasteiger partial charge in [-0.1, -0.05) is 18.2 Å². The largest absolute Gasteiger partial charge is 0.508 e. The van der Waals surface area contributed by atoms with Gasteiger partial charge in [0.05, 0.1) is 0 Å². The van der Waals surface area contributed by atoms with Crippen molar-refractivity contribution in [3.63, 3.8) is 0 Å². The third kappa shape index (κ3) is 3.60. The van der Waals surface area contributed by atoms with Crippen molar-refractivity contribution in [2.75, 3.05) is 0 Å². The number of hydrogen-bond acceptors (Lipinski definition) is 4. The van der Waals surface area contributed by atoms with Crippen LogP contribution in [0.3, 0.4) is 0 Å². The number of hydrogen-bond donors (Lipinski definition) is 3. The quantitative estimate of drug-likeness (QED) is 0.648. The number of carbonyl (C=O) groups excluding carboxylic acids is 1. The molecule has 24 heavy (non-hydrogen) atoms. The molecule has 0 atom stereocenters. The number of H-pyrrole nitrogens is 1. The normalized spacial score (nSPS) is 10.7. The SMILES string of the molecule is NC(=O)c1ccccc1CC[CH]c1nc(-c2ccc(O)cc2)n[nH]1. The van der Waals surface area contributed by atoms with Crippen LogP contribution in [0.5, 0.6) is 5.75 Å². The molecule has 6 heteroatoms. The molecule has 121 valence electrons. The number of primary amides is 1. The summed E-state index contributed by atoms with van der Waals surface area (Å²) in [5.41, 5.74) is 7.67. The summed E-state index contributed by atoms with van der Waals surface area (Å²) in [5.74, 6) is 1.02. The van der Waals surface area contributed by atoms with Crippen molar-refractivity contribution in [2.45, 2.75) is 12.8 Å². The highest BCUT2D eigenvalue weighted by Crippen LogP contribution is 2.19. The first kappa shape index (κ1) is 15.7. The second-order valence-corrected chi connectivity index (χ2v) is 5.36. The maximum absolute atomic E-state index is 11.4. The molecule has 3 rings (SSSR count). The molecule has 0 bridgehead atoms. The van der Waals surface area contributed by atoms with E-state index in [0.29, 0.717) is 30.1 Å². The monoisotopic (exact) mass is 321 g/mol. The first-order valence-electron chi connectivity index (χ1n) is 7.56. The molecule has 1 radical (unpaired) electrons. The average Bonchev–Trinajstić information content (AvgIpc) is 3.05. The summed E-state index contributed by atoms with van der Waals surface area (Å²) in [5, 5.41) is 16.3. The molecule has 3 aromatic rings. The molecule has 0 unspecified atom stereocenters. The summed E-state index contributed by atoms with van der Waals surface area (Å²) in [6, 6.07) is 14.0. The fraction of sp³-hybridized carbons (Fsp3) is 0.111. The minimum Gasteiger partial charge on any atom is -0.508 e. The van der Waals surface area contributed by atoms with E-state index >= 15 is 0 Å². The number of nitrogens with zero attached hydrogens (tertiary/aromatic N) is 2. The fourth-order valence-corrected chi connectivity index (χ4v) is 2.45. The summed E-state index contributed by atoms with van der Waals surface area (Å²) in [7, 11) is 0. The van der Waals surface area contributed by atoms with Gasteiger partial charge in [0.1, 0.15) is 11.6 Å². The van der Waals surface area contributed by atoms with E-state index < -0.39 is 5.91 Å². The highest BCUT2D eigenvalue weighted by Gasteiger charge is 2.09. The number of nitrogens with one attached hydrogen (secondary N) is 1. The zero-order chi connectivity index (χ0) is 16.9. The van der Waals surface area contributed by atoms with E-state index in [1.165, 1.54) is 0 Å². The lowest BCUT2D eigenvalue weighted by Gasteiger charge is -2.05. The van der Waals surface area contributed by atoms with Crippen LogP contribution in [0.4, 0.5) is 0 Å². The molecule has 0 saturated carbocycles. The number of carbonyl (C=O) groups is 1. The molecular formula is C18H17N4O2. The summed E-state index contributed by atoms with van der Waals surface area (Å²) in [4.78, 5) is 15.8. The van der Waals surface area contributed by atoms with Crippen LogP contribution in [-0.2, 0) is 6.42 Å². The summed E-state index contributed by atoms with van der Waals surface area (Å²) in [6.07, 6.45) is 3.32. The summed E-state index contributed by atoms with van der Waals surface area (Å²) in [6.45, 7) is 0. The van der Waals surface area contributed by atoms with Crippen LogP contribution in [0.15, 0.2) is 48.5 Å². The van der Waals surface area contributed by atoms with Crippen molar-refractivity contribution in [1.82, 2.24) is 15.2 Å². The third-order valence-corrected chi connectivity index (χ3v) is 3.66. The van der Waals surface area contributed by atoms with E-state index in [-0.39, 0.29) is 5.75 Å². The highest BCUT2D eigenvalue weighted by atomic mass is 16.3. The van der Waals surface area contributed by atoms with Crippen molar-refractivity contribution < 1.29 is 9.90 Å². The number of aromatic nitrogens is 3. The van der Waals surface area contributed by atoms with Crippen molar-refractivity contribution in [3.8, 4) is 17.1 Å². The van der Waals surface area contributed by atoms with Crippen LogP contribution >= 0.6 is 0 Å². The number of nitrogens with two attached hydrogens (primary N) is 1. The Morgan fingerprint density at radius 2 is 1.92 bits per heavy atom. The van der Waals surface area contributed by atoms with Gasteiger partial charge in [-0.05, 0) is 48.7 Å². The molecule has 1 heterocycles. The molecule has 2 aromatic carbocycles. The molecule has 4 N–H and O–H groups in total. The standard InChI is InChI=1S/C18H17N4O2/c19-17(24)15-6-2-1-4-12(15)5-3-7-16-20-18(22-21-16)13-8-10-14(23)11-9-13/h1-2,4,6-11,23H,3,5H2,(H2,19,24)(H,20,21,22). The van der Waals surface area contributed by atoms with Gasteiger partial charge >= 0.3 is 0 Å². The number of benzene rings is 2. The highest BCUT2D eigenvalue weighted by molar-refractivity contribution is 5.94. The van der Waals surface area contributed by atoms with E-state index in [1.807, 2.05) is 18.6 Å². The molecule has 6 nitrogen and oxygen atoms in total. The van der Waals surface area contributed by atoms with E-state index in [9.17, 15) is 9.90 Å². The minimum atomic E-state index is -0.417. The van der Waals surface area contributed by atoms with Gasteiger partial charge in [-0.3, -0.25) is 9.89 Å². The van der Waals surface area contributed by atoms with Crippen LogP contribution in [0.1, 0.15) is 28.2 Å². The van der Waals surface area contributed by atoms with Crippen LogP contribution in [0.2, 0.25) is 0 Å². The Morgan fingerprint density at radius 1 is 1.17 bits per heavy atom. The number of amides is 1. The van der Waals surface area contributed by atoms with Crippen molar-refractivity contribution >= 4 is 5.91 Å². The van der Waals surface area contributed by atoms with E-state index in [1.54, 1.807) is 36.4 Å². The smallest absolute Gasteiger partial charge is 0.248 e. The first-order valence-corrected chi connectivity index (χ1v) is 7.56. The second-order valence-electron chi connectivity index (χ2n) is 5.36. The Kier molecular flexibility index (Phi) is 4.56. The molecule has 0 spiro atoms. The molecule has 0 saturated heterocycles. The summed E-state index contributed by atoms with van der Waals surface area (Å²) < 4.78 is 0. The van der Waals surface area contributed by atoms with Crippen molar-refractivity contribution in [3.05, 3.63) is 71.9 Å². The minimum absolute atomic E-state index is 0.203. The van der Waals surface area contributed by atoms with Crippen LogP contribution in [0.25, 0.3) is 11.4 Å². The Morgan fingerprint density at radius 3 is 2.67 bits per heavy atom. The lowest BCUT2D eigenvalue weighted by molar-refractivity contribution is 0.0999. The Bertz CT molecular complexity index is 840. The average molecular weight is 321 g/mol. The number of phenols is 1. The fourth-order valence-electron chi connectivity index (χ4n) is 2.45. The van der Waals surface area contributed by atoms with Gasteiger partial charge in [0.15, 0.2) is 5.82 Å². The molecule has 0 aliphatic carbocycles. The molecule has 1 amide bonds. The molecule has 0 fully saturated rings. The number of aromatic hydroxyl groups is 1. The zero-order valence-corrected chi connectivity index (χ0v) is 12.9. The van der Waals surface area contributed by atoms with Crippen LogP contribution in [-0.4, -0.2) is 26.2 Å². The Hall–Kier alpha value is -3.15. The molecular weight excluding hydrogens is 304 g/mol. The summed E-state index contributed by atoms with van der Waals surface area (Å²) >= 11 is 0. The number of phenolic OH excluding ortho intramolecular Hbond substituents is 1. The topological polar surface area (TPSA) is 105 Å². The Labute approximate surface area is 139 Å². The molecule has 0 aliphatic heterocycles. The van der Waals surface area contributed by atoms with Gasteiger partial charge in [0.25, 0.3) is 0 Å². The van der Waals surface area contributed by atoms with Gasteiger partial charge in [-0.15, -0.1) is 0 Å². The predicted octanol–water partition coefficient (Wildman–Crippen LogP) is 2.46. The second kappa shape index (κ2) is 6.95. The van der Waals surface area contributed by atoms with Gasteiger partial charge in [-0.25, -0.2) is 4.98 Å². The first-order chi connectivity index (χ1) is 11.6. The van der Waals surface area contributed by atoms with E-state index in [4.69, 9.17) is 5.73 Å². The van der Waals surface area contributed by atoms with Crippen LogP contribution < -0.4 is 5.73 Å². The Balaban J connectivity index is 1.62. The molecule has 0 aliphatic rings. The van der Waals surface area contributed by atoms with Crippen molar-refractivity contribution in [1.29, 1.82) is 0 Å². The zero-order valence-electron chi connectivity index (χ0n) is 12.9. The van der Waals surface area contributed by atoms with E-state index in [0.717, 1.165) is 11.1 Å². The maximum Gasteiger partial charge on any atom is 0.248 e. The lowest BCUT2D eigenvalue weighted by atomic mass is 10.0. The number of aromatic amines is 1. The molecule has 1 aromatic heterocycles.